The van der Waals surface area contributed by atoms with E-state index in [4.69, 9.17) is 4.74 Å². The van der Waals surface area contributed by atoms with E-state index in [2.05, 4.69) is 20.8 Å². The minimum Gasteiger partial charge on any atom is -0.497 e. The lowest BCUT2D eigenvalue weighted by Crippen LogP contribution is -2.29. The molecule has 7 nitrogen and oxygen atoms in total. The summed E-state index contributed by atoms with van der Waals surface area (Å²) in [7, 11) is 3.14. The topological polar surface area (TPSA) is 92.2 Å². The maximum atomic E-state index is 11.7. The first kappa shape index (κ1) is 16.0. The van der Waals surface area contributed by atoms with Crippen LogP contribution < -0.4 is 15.4 Å². The maximum Gasteiger partial charge on any atom is 0.240 e. The number of amides is 2. The second-order valence-electron chi connectivity index (χ2n) is 4.40. The molecule has 1 aromatic carbocycles. The fourth-order valence-corrected chi connectivity index (χ4v) is 2.62. The number of hydrogen-bond donors (Lipinski definition) is 2. The number of rotatable bonds is 5. The zero-order chi connectivity index (χ0) is 15.9. The molecule has 0 saturated carbocycles. The number of nitrogens with zero attached hydrogens (tertiary/aromatic N) is 2. The average molecular weight is 320 g/mol. The molecule has 1 heterocycles. The van der Waals surface area contributed by atoms with E-state index >= 15 is 0 Å². The lowest BCUT2D eigenvalue weighted by molar-refractivity contribution is -0.124. The number of benzene rings is 1. The normalized spacial score (nSPS) is 19.5. The van der Waals surface area contributed by atoms with Gasteiger partial charge >= 0.3 is 0 Å². The highest BCUT2D eigenvalue weighted by atomic mass is 32.2. The Bertz CT molecular complexity index is 613. The molecule has 2 rings (SSSR count). The summed E-state index contributed by atoms with van der Waals surface area (Å²) in [6.07, 6.45) is 1.69. The molecule has 0 aliphatic carbocycles. The van der Waals surface area contributed by atoms with Crippen LogP contribution in [0.5, 0.6) is 5.75 Å². The van der Waals surface area contributed by atoms with Gasteiger partial charge in [-0.1, -0.05) is 11.8 Å². The van der Waals surface area contributed by atoms with Crippen molar-refractivity contribution in [3.63, 3.8) is 0 Å². The minimum atomic E-state index is -0.463. The van der Waals surface area contributed by atoms with Crippen molar-refractivity contribution >= 4 is 35.0 Å². The number of methoxy groups -OCH3 is 1. The van der Waals surface area contributed by atoms with E-state index in [9.17, 15) is 9.59 Å². The summed E-state index contributed by atoms with van der Waals surface area (Å²) in [6.45, 7) is 0. The Hall–Kier alpha value is -2.35. The van der Waals surface area contributed by atoms with Gasteiger partial charge in [0.2, 0.25) is 11.8 Å². The number of amidine groups is 1. The standard InChI is InChI=1S/C14H16N4O3S/c1-15-12(19)7-11-13(20)17-14(22-11)18-16-8-9-3-5-10(21-2)6-4-9/h3-6,8,11H,7H2,1-2H3,(H,15,19)(H,17,18,20). The molecule has 1 aliphatic rings. The average Bonchev–Trinajstić information content (AvgIpc) is 2.87. The summed E-state index contributed by atoms with van der Waals surface area (Å²) < 4.78 is 5.06. The number of nitrogens with one attached hydrogen (secondary N) is 2. The highest BCUT2D eigenvalue weighted by Gasteiger charge is 2.31. The van der Waals surface area contributed by atoms with Crippen molar-refractivity contribution in [1.82, 2.24) is 10.6 Å². The summed E-state index contributed by atoms with van der Waals surface area (Å²) in [5.41, 5.74) is 0.862. The number of carbonyl (C=O) groups excluding carboxylic acids is 2. The van der Waals surface area contributed by atoms with Crippen molar-refractivity contribution in [1.29, 1.82) is 0 Å². The van der Waals surface area contributed by atoms with E-state index in [-0.39, 0.29) is 18.2 Å². The quantitative estimate of drug-likeness (QED) is 0.618. The summed E-state index contributed by atoms with van der Waals surface area (Å²) in [5, 5.41) is 12.9. The van der Waals surface area contributed by atoms with Crippen LogP contribution in [-0.4, -0.2) is 42.6 Å². The van der Waals surface area contributed by atoms with E-state index in [1.54, 1.807) is 13.3 Å². The minimum absolute atomic E-state index is 0.119. The predicted molar refractivity (Wildman–Crippen MR) is 86.2 cm³/mol. The first-order valence-electron chi connectivity index (χ1n) is 6.55. The third kappa shape index (κ3) is 4.32. The Balaban J connectivity index is 1.94. The van der Waals surface area contributed by atoms with E-state index in [0.717, 1.165) is 11.3 Å². The van der Waals surface area contributed by atoms with Gasteiger partial charge in [0.25, 0.3) is 0 Å². The van der Waals surface area contributed by atoms with Gasteiger partial charge < -0.3 is 15.4 Å². The van der Waals surface area contributed by atoms with Crippen LogP contribution in [0, 0.1) is 0 Å². The Morgan fingerprint density at radius 2 is 2.18 bits per heavy atom. The molecule has 0 aromatic heterocycles. The Morgan fingerprint density at radius 1 is 1.45 bits per heavy atom. The van der Waals surface area contributed by atoms with Crippen LogP contribution in [0.25, 0.3) is 0 Å². The molecule has 1 aromatic rings. The third-order valence-corrected chi connectivity index (χ3v) is 3.97. The molecule has 0 bridgehead atoms. The van der Waals surface area contributed by atoms with E-state index < -0.39 is 5.25 Å². The molecular weight excluding hydrogens is 304 g/mol. The third-order valence-electron chi connectivity index (χ3n) is 2.90. The number of hydrogen-bond acceptors (Lipinski definition) is 6. The summed E-state index contributed by atoms with van der Waals surface area (Å²) in [4.78, 5) is 23.0. The number of thioether (sulfide) groups is 1. The Kier molecular flexibility index (Phi) is 5.54. The molecule has 1 unspecified atom stereocenters. The smallest absolute Gasteiger partial charge is 0.240 e. The van der Waals surface area contributed by atoms with Gasteiger partial charge in [-0.15, -0.1) is 5.10 Å². The second-order valence-corrected chi connectivity index (χ2v) is 5.59. The van der Waals surface area contributed by atoms with Gasteiger partial charge in [-0.2, -0.15) is 5.10 Å². The van der Waals surface area contributed by atoms with Crippen LogP contribution in [0.15, 0.2) is 34.5 Å². The Labute approximate surface area is 132 Å². The molecule has 8 heteroatoms. The maximum absolute atomic E-state index is 11.7. The fourth-order valence-electron chi connectivity index (χ4n) is 1.69. The van der Waals surface area contributed by atoms with Gasteiger partial charge in [0.15, 0.2) is 5.17 Å². The molecule has 1 saturated heterocycles. The van der Waals surface area contributed by atoms with Crippen molar-refractivity contribution in [3.05, 3.63) is 29.8 Å². The van der Waals surface area contributed by atoms with E-state index in [0.29, 0.717) is 5.17 Å². The van der Waals surface area contributed by atoms with Gasteiger partial charge in [-0.3, -0.25) is 9.59 Å². The van der Waals surface area contributed by atoms with Crippen molar-refractivity contribution in [2.45, 2.75) is 11.7 Å². The van der Waals surface area contributed by atoms with Gasteiger partial charge in [0.1, 0.15) is 11.0 Å². The molecule has 2 N–H and O–H groups in total. The van der Waals surface area contributed by atoms with Gasteiger partial charge in [0, 0.05) is 13.5 Å². The van der Waals surface area contributed by atoms with Crippen molar-refractivity contribution in [2.24, 2.45) is 10.2 Å². The lowest BCUT2D eigenvalue weighted by Gasteiger charge is -2.02. The SMILES string of the molecule is CNC(=O)CC1SC(=NN=Cc2ccc(OC)cc2)NC1=O. The molecule has 22 heavy (non-hydrogen) atoms. The molecule has 0 spiro atoms. The summed E-state index contributed by atoms with van der Waals surface area (Å²) in [6, 6.07) is 7.33. The monoisotopic (exact) mass is 320 g/mol. The zero-order valence-electron chi connectivity index (χ0n) is 12.2. The highest BCUT2D eigenvalue weighted by molar-refractivity contribution is 8.15. The largest absolute Gasteiger partial charge is 0.497 e. The zero-order valence-corrected chi connectivity index (χ0v) is 13.0. The molecule has 1 fully saturated rings. The first-order valence-corrected chi connectivity index (χ1v) is 7.43. The van der Waals surface area contributed by atoms with Crippen molar-refractivity contribution in [3.8, 4) is 5.75 Å². The number of carbonyl (C=O) groups is 2. The van der Waals surface area contributed by atoms with Crippen LogP contribution in [0.1, 0.15) is 12.0 Å². The van der Waals surface area contributed by atoms with Crippen LogP contribution in [0.4, 0.5) is 0 Å². The van der Waals surface area contributed by atoms with Crippen LogP contribution in [-0.2, 0) is 9.59 Å². The first-order chi connectivity index (χ1) is 10.6. The molecule has 1 aliphatic heterocycles. The Morgan fingerprint density at radius 3 is 2.82 bits per heavy atom. The molecule has 116 valence electrons. The van der Waals surface area contributed by atoms with Crippen LogP contribution in [0.2, 0.25) is 0 Å². The predicted octanol–water partition coefficient (Wildman–Crippen LogP) is 0.753. The van der Waals surface area contributed by atoms with Crippen molar-refractivity contribution in [2.75, 3.05) is 14.2 Å². The van der Waals surface area contributed by atoms with E-state index in [1.165, 1.54) is 18.8 Å². The van der Waals surface area contributed by atoms with Crippen molar-refractivity contribution < 1.29 is 14.3 Å². The molecule has 0 radical (unpaired) electrons. The van der Waals surface area contributed by atoms with Gasteiger partial charge in [-0.05, 0) is 29.8 Å². The van der Waals surface area contributed by atoms with Gasteiger partial charge in [0.05, 0.1) is 13.3 Å². The summed E-state index contributed by atoms with van der Waals surface area (Å²) in [5.74, 6) is 0.349. The lowest BCUT2D eigenvalue weighted by atomic mass is 10.2. The molecule has 1 atom stereocenters. The fraction of sp³-hybridized carbons (Fsp3) is 0.286. The highest BCUT2D eigenvalue weighted by Crippen LogP contribution is 2.22. The van der Waals surface area contributed by atoms with Crippen LogP contribution in [0.3, 0.4) is 0 Å². The molecule has 2 amide bonds. The summed E-state index contributed by atoms with van der Waals surface area (Å²) >= 11 is 1.20. The van der Waals surface area contributed by atoms with Gasteiger partial charge in [-0.25, -0.2) is 0 Å². The van der Waals surface area contributed by atoms with Crippen LogP contribution >= 0.6 is 11.8 Å². The molecular formula is C14H16N4O3S. The number of ether oxygens (including phenoxy) is 1. The second kappa shape index (κ2) is 7.60. The van der Waals surface area contributed by atoms with E-state index in [1.807, 2.05) is 24.3 Å².